The van der Waals surface area contributed by atoms with Gasteiger partial charge in [-0.05, 0) is 24.6 Å². The Morgan fingerprint density at radius 3 is 2.74 bits per heavy atom. The van der Waals surface area contributed by atoms with Crippen molar-refractivity contribution < 1.29 is 14.6 Å². The molecule has 0 bridgehead atoms. The van der Waals surface area contributed by atoms with Crippen LogP contribution in [-0.4, -0.2) is 37.9 Å². The van der Waals surface area contributed by atoms with Crippen LogP contribution in [0.4, 0.5) is 11.4 Å². The van der Waals surface area contributed by atoms with Crippen LogP contribution in [0.2, 0.25) is 0 Å². The fraction of sp³-hybridized carbons (Fsp3) is 0.500. The first-order valence-corrected chi connectivity index (χ1v) is 6.48. The van der Waals surface area contributed by atoms with Gasteiger partial charge in [-0.2, -0.15) is 0 Å². The molecule has 0 unspecified atom stereocenters. The van der Waals surface area contributed by atoms with Crippen molar-refractivity contribution in [3.8, 4) is 0 Å². The number of nitrogens with zero attached hydrogens (tertiary/aromatic N) is 1. The standard InChI is InChI=1S/C14H22N2O3/c1-3-4-8-19-9-7-16(2)13-6-5-11(14(17)18)10-12(13)15/h5-6,10H,3-4,7-9,15H2,1-2H3,(H,17,18). The van der Waals surface area contributed by atoms with Crippen molar-refractivity contribution in [1.82, 2.24) is 0 Å². The van der Waals surface area contributed by atoms with Gasteiger partial charge in [-0.15, -0.1) is 0 Å². The van der Waals surface area contributed by atoms with Crippen LogP contribution in [0.5, 0.6) is 0 Å². The fourth-order valence-corrected chi connectivity index (χ4v) is 1.71. The number of hydrogen-bond donors (Lipinski definition) is 2. The van der Waals surface area contributed by atoms with Crippen LogP contribution in [0.3, 0.4) is 0 Å². The molecule has 0 aliphatic carbocycles. The molecule has 0 amide bonds. The number of rotatable bonds is 8. The summed E-state index contributed by atoms with van der Waals surface area (Å²) in [5.74, 6) is -0.969. The Morgan fingerprint density at radius 2 is 2.16 bits per heavy atom. The van der Waals surface area contributed by atoms with E-state index in [9.17, 15) is 4.79 Å². The molecule has 0 spiro atoms. The number of unbranched alkanes of at least 4 members (excludes halogenated alkanes) is 1. The number of ether oxygens (including phenoxy) is 1. The molecule has 0 fully saturated rings. The van der Waals surface area contributed by atoms with Gasteiger partial charge in [0, 0.05) is 20.2 Å². The van der Waals surface area contributed by atoms with Gasteiger partial charge in [-0.1, -0.05) is 13.3 Å². The van der Waals surface area contributed by atoms with E-state index in [1.54, 1.807) is 12.1 Å². The maximum Gasteiger partial charge on any atom is 0.335 e. The van der Waals surface area contributed by atoms with Gasteiger partial charge in [0.2, 0.25) is 0 Å². The normalized spacial score (nSPS) is 10.4. The summed E-state index contributed by atoms with van der Waals surface area (Å²) in [5, 5.41) is 8.87. The van der Waals surface area contributed by atoms with E-state index in [2.05, 4.69) is 6.92 Å². The van der Waals surface area contributed by atoms with E-state index < -0.39 is 5.97 Å². The summed E-state index contributed by atoms with van der Waals surface area (Å²) in [5.41, 5.74) is 7.36. The Hall–Kier alpha value is -1.75. The van der Waals surface area contributed by atoms with Crippen LogP contribution in [0.15, 0.2) is 18.2 Å². The van der Waals surface area contributed by atoms with Gasteiger partial charge in [0.25, 0.3) is 0 Å². The molecule has 0 aliphatic heterocycles. The summed E-state index contributed by atoms with van der Waals surface area (Å²) in [7, 11) is 1.91. The SMILES string of the molecule is CCCCOCCN(C)c1ccc(C(=O)O)cc1N. The number of carboxylic acids is 1. The third kappa shape index (κ3) is 4.79. The first-order valence-electron chi connectivity index (χ1n) is 6.48. The smallest absolute Gasteiger partial charge is 0.335 e. The summed E-state index contributed by atoms with van der Waals surface area (Å²) in [6, 6.07) is 4.76. The van der Waals surface area contributed by atoms with Crippen LogP contribution in [0, 0.1) is 0 Å². The summed E-state index contributed by atoms with van der Waals surface area (Å²) in [4.78, 5) is 12.8. The average Bonchev–Trinajstić information content (AvgIpc) is 2.38. The highest BCUT2D eigenvalue weighted by atomic mass is 16.5. The second-order valence-electron chi connectivity index (χ2n) is 4.47. The zero-order chi connectivity index (χ0) is 14.3. The zero-order valence-electron chi connectivity index (χ0n) is 11.6. The summed E-state index contributed by atoms with van der Waals surface area (Å²) < 4.78 is 5.49. The van der Waals surface area contributed by atoms with E-state index in [0.717, 1.165) is 31.7 Å². The van der Waals surface area contributed by atoms with Gasteiger partial charge >= 0.3 is 5.97 Å². The number of nitrogens with two attached hydrogens (primary N) is 1. The Balaban J connectivity index is 2.52. The molecule has 0 aliphatic rings. The third-order valence-corrected chi connectivity index (χ3v) is 2.90. The van der Waals surface area contributed by atoms with Crippen molar-refractivity contribution >= 4 is 17.3 Å². The number of carbonyl (C=O) groups is 1. The lowest BCUT2D eigenvalue weighted by Gasteiger charge is -2.21. The van der Waals surface area contributed by atoms with Crippen molar-refractivity contribution in [2.75, 3.05) is 37.4 Å². The lowest BCUT2D eigenvalue weighted by molar-refractivity contribution is 0.0697. The first kappa shape index (κ1) is 15.3. The number of nitrogen functional groups attached to an aromatic ring is 1. The Kier molecular flexibility index (Phi) is 6.15. The molecule has 106 valence electrons. The molecular weight excluding hydrogens is 244 g/mol. The van der Waals surface area contributed by atoms with Crippen molar-refractivity contribution in [2.45, 2.75) is 19.8 Å². The van der Waals surface area contributed by atoms with E-state index >= 15 is 0 Å². The van der Waals surface area contributed by atoms with Gasteiger partial charge in [0.1, 0.15) is 0 Å². The Labute approximate surface area is 114 Å². The quantitative estimate of drug-likeness (QED) is 0.557. The van der Waals surface area contributed by atoms with Gasteiger partial charge in [-0.3, -0.25) is 0 Å². The molecule has 5 heteroatoms. The van der Waals surface area contributed by atoms with Crippen LogP contribution in [0.25, 0.3) is 0 Å². The van der Waals surface area contributed by atoms with Crippen LogP contribution in [0.1, 0.15) is 30.1 Å². The predicted octanol–water partition coefficient (Wildman–Crippen LogP) is 2.22. The molecule has 1 rings (SSSR count). The first-order chi connectivity index (χ1) is 9.06. The van der Waals surface area contributed by atoms with Crippen molar-refractivity contribution in [3.05, 3.63) is 23.8 Å². The highest BCUT2D eigenvalue weighted by molar-refractivity contribution is 5.90. The summed E-state index contributed by atoms with van der Waals surface area (Å²) in [6.45, 7) is 4.26. The lowest BCUT2D eigenvalue weighted by atomic mass is 10.1. The van der Waals surface area contributed by atoms with E-state index in [1.165, 1.54) is 6.07 Å². The van der Waals surface area contributed by atoms with Crippen molar-refractivity contribution in [2.24, 2.45) is 0 Å². The molecule has 0 saturated carbocycles. The lowest BCUT2D eigenvalue weighted by Crippen LogP contribution is -2.23. The number of hydrogen-bond acceptors (Lipinski definition) is 4. The molecule has 1 aromatic rings. The minimum Gasteiger partial charge on any atom is -0.478 e. The zero-order valence-corrected chi connectivity index (χ0v) is 11.6. The number of carboxylic acid groups (broad SMARTS) is 1. The highest BCUT2D eigenvalue weighted by Gasteiger charge is 2.09. The topological polar surface area (TPSA) is 75.8 Å². The van der Waals surface area contributed by atoms with Gasteiger partial charge in [0.05, 0.1) is 23.5 Å². The number of aromatic carboxylic acids is 1. The maximum atomic E-state index is 10.8. The average molecular weight is 266 g/mol. The van der Waals surface area contributed by atoms with Crippen LogP contribution >= 0.6 is 0 Å². The number of anilines is 2. The van der Waals surface area contributed by atoms with Gasteiger partial charge in [0.15, 0.2) is 0 Å². The molecule has 0 radical (unpaired) electrons. The highest BCUT2D eigenvalue weighted by Crippen LogP contribution is 2.23. The van der Waals surface area contributed by atoms with Crippen LogP contribution in [-0.2, 0) is 4.74 Å². The van der Waals surface area contributed by atoms with Crippen molar-refractivity contribution in [1.29, 1.82) is 0 Å². The minimum atomic E-state index is -0.969. The Morgan fingerprint density at radius 1 is 1.42 bits per heavy atom. The molecule has 0 heterocycles. The maximum absolute atomic E-state index is 10.8. The third-order valence-electron chi connectivity index (χ3n) is 2.90. The molecule has 0 saturated heterocycles. The molecule has 19 heavy (non-hydrogen) atoms. The fourth-order valence-electron chi connectivity index (χ4n) is 1.71. The van der Waals surface area contributed by atoms with Gasteiger partial charge < -0.3 is 20.5 Å². The number of likely N-dealkylation sites (N-methyl/N-ethyl adjacent to an activating group) is 1. The monoisotopic (exact) mass is 266 g/mol. The molecule has 0 atom stereocenters. The largest absolute Gasteiger partial charge is 0.478 e. The van der Waals surface area contributed by atoms with Crippen molar-refractivity contribution in [3.63, 3.8) is 0 Å². The number of benzene rings is 1. The molecular formula is C14H22N2O3. The molecule has 3 N–H and O–H groups in total. The van der Waals surface area contributed by atoms with E-state index in [4.69, 9.17) is 15.6 Å². The van der Waals surface area contributed by atoms with E-state index in [1.807, 2.05) is 11.9 Å². The second kappa shape index (κ2) is 7.63. The second-order valence-corrected chi connectivity index (χ2v) is 4.47. The molecule has 1 aromatic carbocycles. The predicted molar refractivity (Wildman–Crippen MR) is 76.8 cm³/mol. The Bertz CT molecular complexity index is 421. The molecule has 5 nitrogen and oxygen atoms in total. The summed E-state index contributed by atoms with van der Waals surface area (Å²) in [6.07, 6.45) is 2.19. The van der Waals surface area contributed by atoms with Gasteiger partial charge in [-0.25, -0.2) is 4.79 Å². The minimum absolute atomic E-state index is 0.203. The molecule has 0 aromatic heterocycles. The summed E-state index contributed by atoms with van der Waals surface area (Å²) >= 11 is 0. The van der Waals surface area contributed by atoms with E-state index in [0.29, 0.717) is 12.3 Å². The van der Waals surface area contributed by atoms with Crippen LogP contribution < -0.4 is 10.6 Å². The van der Waals surface area contributed by atoms with E-state index in [-0.39, 0.29) is 5.56 Å².